The van der Waals surface area contributed by atoms with Gasteiger partial charge in [0.1, 0.15) is 5.75 Å². The Balaban J connectivity index is 1.41. The van der Waals surface area contributed by atoms with Gasteiger partial charge in [-0.05, 0) is 30.2 Å². The number of nitrogens with zero attached hydrogens (tertiary/aromatic N) is 2. The van der Waals surface area contributed by atoms with Crippen LogP contribution in [0.1, 0.15) is 22.6 Å². The molecule has 0 aliphatic carbocycles. The van der Waals surface area contributed by atoms with Crippen LogP contribution in [-0.4, -0.2) is 47.8 Å². The molecule has 1 unspecified atom stereocenters. The van der Waals surface area contributed by atoms with Gasteiger partial charge in [-0.1, -0.05) is 0 Å². The number of aromatic amines is 1. The van der Waals surface area contributed by atoms with Crippen molar-refractivity contribution < 1.29 is 19.0 Å². The third-order valence-electron chi connectivity index (χ3n) is 4.87. The molecule has 0 bridgehead atoms. The molecule has 9 heteroatoms. The fourth-order valence-electron chi connectivity index (χ4n) is 3.18. The first kappa shape index (κ1) is 19.8. The van der Waals surface area contributed by atoms with Crippen molar-refractivity contribution in [3.8, 4) is 11.6 Å². The summed E-state index contributed by atoms with van der Waals surface area (Å²) in [6.07, 6.45) is 2.61. The summed E-state index contributed by atoms with van der Waals surface area (Å²) in [5, 5.41) is 3.14. The fraction of sp³-hybridized carbons (Fsp3) is 0.333. The molecule has 1 aliphatic rings. The van der Waals surface area contributed by atoms with E-state index < -0.39 is 5.91 Å². The number of fused-ring (bicyclic) bond motifs is 1. The molecule has 4 rings (SSSR count). The molecule has 2 N–H and O–H groups in total. The second-order valence-electron chi connectivity index (χ2n) is 7.02. The smallest absolute Gasteiger partial charge is 0.287 e. The van der Waals surface area contributed by atoms with Gasteiger partial charge in [-0.3, -0.25) is 9.59 Å². The van der Waals surface area contributed by atoms with Crippen molar-refractivity contribution in [3.63, 3.8) is 0 Å². The number of nitrogens with one attached hydrogen (secondary N) is 2. The highest BCUT2D eigenvalue weighted by molar-refractivity contribution is 5.92. The zero-order valence-corrected chi connectivity index (χ0v) is 16.5. The standard InChI is InChI=1S/C21H22N4O5/c1-28-15-2-3-16-17(9-15)24-19(25-20(16)26)21(27)23-10-13-4-6-22-18(8-13)30-12-14-5-7-29-11-14/h2-4,6,8-9,14H,5,7,10-12H2,1H3,(H,23,27)(H,24,25,26). The Morgan fingerprint density at radius 1 is 1.33 bits per heavy atom. The molecule has 3 aromatic rings. The molecule has 1 saturated heterocycles. The number of amides is 1. The van der Waals surface area contributed by atoms with Crippen molar-refractivity contribution in [2.45, 2.75) is 13.0 Å². The van der Waals surface area contributed by atoms with E-state index in [9.17, 15) is 9.59 Å². The van der Waals surface area contributed by atoms with Gasteiger partial charge in [-0.15, -0.1) is 0 Å². The van der Waals surface area contributed by atoms with Crippen LogP contribution >= 0.6 is 0 Å². The van der Waals surface area contributed by atoms with Crippen molar-refractivity contribution in [2.24, 2.45) is 5.92 Å². The van der Waals surface area contributed by atoms with Crippen LogP contribution in [0.3, 0.4) is 0 Å². The normalized spacial score (nSPS) is 15.8. The number of carbonyl (C=O) groups is 1. The lowest BCUT2D eigenvalue weighted by atomic mass is 10.1. The van der Waals surface area contributed by atoms with Crippen LogP contribution in [0.5, 0.6) is 11.6 Å². The number of methoxy groups -OCH3 is 1. The number of carbonyl (C=O) groups excluding carboxylic acids is 1. The third kappa shape index (κ3) is 4.57. The van der Waals surface area contributed by atoms with Crippen molar-refractivity contribution >= 4 is 16.8 Å². The minimum absolute atomic E-state index is 0.0625. The third-order valence-corrected chi connectivity index (χ3v) is 4.87. The van der Waals surface area contributed by atoms with E-state index >= 15 is 0 Å². The average Bonchev–Trinajstić information content (AvgIpc) is 3.29. The summed E-state index contributed by atoms with van der Waals surface area (Å²) < 4.78 is 16.2. The van der Waals surface area contributed by atoms with Crippen molar-refractivity contribution in [3.05, 3.63) is 58.3 Å². The molecular formula is C21H22N4O5. The maximum atomic E-state index is 12.5. The number of ether oxygens (including phenoxy) is 3. The molecule has 156 valence electrons. The van der Waals surface area contributed by atoms with Crippen LogP contribution in [0.4, 0.5) is 0 Å². The van der Waals surface area contributed by atoms with Crippen molar-refractivity contribution in [1.29, 1.82) is 0 Å². The topological polar surface area (TPSA) is 115 Å². The van der Waals surface area contributed by atoms with Crippen LogP contribution < -0.4 is 20.3 Å². The highest BCUT2D eigenvalue weighted by Crippen LogP contribution is 2.17. The molecule has 0 radical (unpaired) electrons. The summed E-state index contributed by atoms with van der Waals surface area (Å²) in [6, 6.07) is 8.45. The van der Waals surface area contributed by atoms with E-state index in [0.717, 1.165) is 18.6 Å². The summed E-state index contributed by atoms with van der Waals surface area (Å²) in [6.45, 7) is 2.27. The highest BCUT2D eigenvalue weighted by Gasteiger charge is 2.17. The van der Waals surface area contributed by atoms with Crippen LogP contribution in [-0.2, 0) is 11.3 Å². The van der Waals surface area contributed by atoms with E-state index in [0.29, 0.717) is 41.7 Å². The van der Waals surface area contributed by atoms with Crippen LogP contribution in [0.2, 0.25) is 0 Å². The number of hydrogen-bond donors (Lipinski definition) is 2. The maximum Gasteiger partial charge on any atom is 0.287 e. The first-order valence-electron chi connectivity index (χ1n) is 9.64. The second kappa shape index (κ2) is 8.91. The number of pyridine rings is 1. The van der Waals surface area contributed by atoms with Gasteiger partial charge in [-0.25, -0.2) is 9.97 Å². The van der Waals surface area contributed by atoms with Crippen LogP contribution in [0.25, 0.3) is 10.9 Å². The number of H-pyrrole nitrogens is 1. The van der Waals surface area contributed by atoms with Crippen LogP contribution in [0, 0.1) is 5.92 Å². The largest absolute Gasteiger partial charge is 0.497 e. The number of rotatable bonds is 7. The van der Waals surface area contributed by atoms with Gasteiger partial charge >= 0.3 is 0 Å². The molecule has 1 aromatic carbocycles. The zero-order chi connectivity index (χ0) is 20.9. The number of aromatic nitrogens is 3. The van der Waals surface area contributed by atoms with Gasteiger partial charge in [-0.2, -0.15) is 0 Å². The summed E-state index contributed by atoms with van der Waals surface area (Å²) in [4.78, 5) is 35.7. The Bertz CT molecular complexity index is 1110. The summed E-state index contributed by atoms with van der Waals surface area (Å²) in [7, 11) is 1.52. The Labute approximate surface area is 172 Å². The highest BCUT2D eigenvalue weighted by atomic mass is 16.5. The average molecular weight is 410 g/mol. The molecule has 1 aliphatic heterocycles. The quantitative estimate of drug-likeness (QED) is 0.609. The molecule has 9 nitrogen and oxygen atoms in total. The fourth-order valence-corrected chi connectivity index (χ4v) is 3.18. The molecule has 30 heavy (non-hydrogen) atoms. The maximum absolute atomic E-state index is 12.5. The summed E-state index contributed by atoms with van der Waals surface area (Å²) >= 11 is 0. The molecule has 1 atom stereocenters. The van der Waals surface area contributed by atoms with E-state index in [1.54, 1.807) is 36.5 Å². The minimum atomic E-state index is -0.487. The Morgan fingerprint density at radius 3 is 3.03 bits per heavy atom. The Hall–Kier alpha value is -3.46. The zero-order valence-electron chi connectivity index (χ0n) is 16.5. The summed E-state index contributed by atoms with van der Waals surface area (Å²) in [5.74, 6) is 0.884. The van der Waals surface area contributed by atoms with E-state index in [-0.39, 0.29) is 17.9 Å². The lowest BCUT2D eigenvalue weighted by Crippen LogP contribution is -2.27. The van der Waals surface area contributed by atoms with Crippen molar-refractivity contribution in [2.75, 3.05) is 26.9 Å². The molecule has 1 amide bonds. The number of hydrogen-bond acceptors (Lipinski definition) is 7. The van der Waals surface area contributed by atoms with Crippen molar-refractivity contribution in [1.82, 2.24) is 20.3 Å². The molecule has 3 heterocycles. The van der Waals surface area contributed by atoms with Gasteiger partial charge in [0.25, 0.3) is 11.5 Å². The predicted octanol–water partition coefficient (Wildman–Crippen LogP) is 1.67. The first-order valence-corrected chi connectivity index (χ1v) is 9.64. The van der Waals surface area contributed by atoms with E-state index in [2.05, 4.69) is 20.3 Å². The predicted molar refractivity (Wildman–Crippen MR) is 109 cm³/mol. The van der Waals surface area contributed by atoms with Gasteiger partial charge < -0.3 is 24.5 Å². The van der Waals surface area contributed by atoms with Gasteiger partial charge in [0.2, 0.25) is 5.88 Å². The monoisotopic (exact) mass is 410 g/mol. The molecular weight excluding hydrogens is 388 g/mol. The Kier molecular flexibility index (Phi) is 5.89. The first-order chi connectivity index (χ1) is 14.6. The van der Waals surface area contributed by atoms with E-state index in [1.165, 1.54) is 7.11 Å². The van der Waals surface area contributed by atoms with Gasteiger partial charge in [0.05, 0.1) is 31.2 Å². The second-order valence-corrected chi connectivity index (χ2v) is 7.02. The molecule has 0 saturated carbocycles. The molecule has 1 fully saturated rings. The molecule has 2 aromatic heterocycles. The minimum Gasteiger partial charge on any atom is -0.497 e. The lowest BCUT2D eigenvalue weighted by Gasteiger charge is -2.11. The lowest BCUT2D eigenvalue weighted by molar-refractivity contribution is 0.0940. The van der Waals surface area contributed by atoms with E-state index in [1.807, 2.05) is 0 Å². The Morgan fingerprint density at radius 2 is 2.23 bits per heavy atom. The SMILES string of the molecule is COc1ccc2c(=O)[nH]c(C(=O)NCc3ccnc(OCC4CCOC4)c3)nc2c1. The summed E-state index contributed by atoms with van der Waals surface area (Å²) in [5.41, 5.74) is 0.822. The molecule has 0 spiro atoms. The number of benzene rings is 1. The van der Waals surface area contributed by atoms with E-state index in [4.69, 9.17) is 14.2 Å². The van der Waals surface area contributed by atoms with Gasteiger partial charge in [0.15, 0.2) is 5.82 Å². The van der Waals surface area contributed by atoms with Gasteiger partial charge in [0, 0.05) is 37.4 Å². The van der Waals surface area contributed by atoms with Crippen LogP contribution in [0.15, 0.2) is 41.3 Å².